The third-order valence-electron chi connectivity index (χ3n) is 3.48. The summed E-state index contributed by atoms with van der Waals surface area (Å²) in [5.41, 5.74) is 1.95. The first-order chi connectivity index (χ1) is 12.7. The van der Waals surface area contributed by atoms with Crippen molar-refractivity contribution in [1.29, 1.82) is 5.26 Å². The molecule has 0 unspecified atom stereocenters. The molecule has 0 atom stereocenters. The van der Waals surface area contributed by atoms with Gasteiger partial charge in [-0.1, -0.05) is 12.1 Å². The zero-order valence-electron chi connectivity index (χ0n) is 13.9. The molecule has 0 fully saturated rings. The topological polar surface area (TPSA) is 99.9 Å². The van der Waals surface area contributed by atoms with Crippen LogP contribution in [0, 0.1) is 11.3 Å². The zero-order chi connectivity index (χ0) is 18.4. The average molecular weight is 345 g/mol. The number of nitrogens with zero attached hydrogens (tertiary/aromatic N) is 3. The Kier molecular flexibility index (Phi) is 5.05. The van der Waals surface area contributed by atoms with Crippen LogP contribution in [0.3, 0.4) is 0 Å². The summed E-state index contributed by atoms with van der Waals surface area (Å²) < 4.78 is 5.17. The number of rotatable bonds is 5. The van der Waals surface area contributed by atoms with E-state index in [1.165, 1.54) is 12.4 Å². The Labute approximate surface area is 150 Å². The molecule has 3 rings (SSSR count). The van der Waals surface area contributed by atoms with Gasteiger partial charge >= 0.3 is 0 Å². The van der Waals surface area contributed by atoms with Gasteiger partial charge < -0.3 is 15.4 Å². The molecular formula is C19H15N5O2. The fourth-order valence-corrected chi connectivity index (χ4v) is 2.22. The third-order valence-corrected chi connectivity index (χ3v) is 3.48. The van der Waals surface area contributed by atoms with Gasteiger partial charge in [0.05, 0.1) is 31.1 Å². The van der Waals surface area contributed by atoms with E-state index in [1.807, 2.05) is 30.3 Å². The van der Waals surface area contributed by atoms with Crippen molar-refractivity contribution in [1.82, 2.24) is 9.97 Å². The lowest BCUT2D eigenvalue weighted by Gasteiger charge is -2.08. The van der Waals surface area contributed by atoms with Gasteiger partial charge in [0.15, 0.2) is 0 Å². The minimum absolute atomic E-state index is 0.170. The van der Waals surface area contributed by atoms with Crippen molar-refractivity contribution in [2.45, 2.75) is 0 Å². The van der Waals surface area contributed by atoms with E-state index in [0.717, 1.165) is 11.4 Å². The molecule has 0 saturated heterocycles. The molecule has 1 heterocycles. The second-order valence-electron chi connectivity index (χ2n) is 5.29. The number of aromatic nitrogens is 2. The van der Waals surface area contributed by atoms with Crippen molar-refractivity contribution in [2.24, 2.45) is 0 Å². The number of amides is 1. The quantitative estimate of drug-likeness (QED) is 0.735. The minimum atomic E-state index is -0.402. The van der Waals surface area contributed by atoms with Crippen LogP contribution in [0.1, 0.15) is 16.1 Å². The molecule has 0 saturated carbocycles. The summed E-state index contributed by atoms with van der Waals surface area (Å²) in [5.74, 6) is 0.820. The molecule has 0 bridgehead atoms. The van der Waals surface area contributed by atoms with E-state index in [1.54, 1.807) is 31.4 Å². The van der Waals surface area contributed by atoms with Crippen LogP contribution in [-0.2, 0) is 0 Å². The van der Waals surface area contributed by atoms with Crippen molar-refractivity contribution < 1.29 is 9.53 Å². The predicted octanol–water partition coefficient (Wildman–Crippen LogP) is 3.35. The highest BCUT2D eigenvalue weighted by Crippen LogP contribution is 2.20. The van der Waals surface area contributed by atoms with Crippen molar-refractivity contribution in [3.63, 3.8) is 0 Å². The third kappa shape index (κ3) is 4.13. The Bertz CT molecular complexity index is 964. The predicted molar refractivity (Wildman–Crippen MR) is 97.4 cm³/mol. The average Bonchev–Trinajstić information content (AvgIpc) is 2.69. The lowest BCUT2D eigenvalue weighted by molar-refractivity contribution is 0.102. The van der Waals surface area contributed by atoms with Crippen LogP contribution in [0.15, 0.2) is 60.9 Å². The fourth-order valence-electron chi connectivity index (χ4n) is 2.22. The van der Waals surface area contributed by atoms with Crippen LogP contribution >= 0.6 is 0 Å². The number of carbonyl (C=O) groups excluding carboxylic acids is 1. The molecule has 0 aliphatic rings. The largest absolute Gasteiger partial charge is 0.497 e. The van der Waals surface area contributed by atoms with Gasteiger partial charge in [-0.3, -0.25) is 4.79 Å². The van der Waals surface area contributed by atoms with Crippen molar-refractivity contribution in [3.8, 4) is 11.8 Å². The summed E-state index contributed by atoms with van der Waals surface area (Å²) in [6.07, 6.45) is 2.85. The maximum absolute atomic E-state index is 12.2. The minimum Gasteiger partial charge on any atom is -0.497 e. The van der Waals surface area contributed by atoms with E-state index in [4.69, 9.17) is 10.00 Å². The van der Waals surface area contributed by atoms with Gasteiger partial charge in [-0.2, -0.15) is 5.26 Å². The van der Waals surface area contributed by atoms with E-state index in [2.05, 4.69) is 20.6 Å². The summed E-state index contributed by atoms with van der Waals surface area (Å²) in [4.78, 5) is 20.6. The summed E-state index contributed by atoms with van der Waals surface area (Å²) in [6, 6.07) is 16.0. The van der Waals surface area contributed by atoms with Gasteiger partial charge in [-0.05, 0) is 30.3 Å². The first kappa shape index (κ1) is 16.9. The van der Waals surface area contributed by atoms with Crippen LogP contribution in [0.4, 0.5) is 17.2 Å². The highest BCUT2D eigenvalue weighted by molar-refractivity contribution is 6.02. The monoisotopic (exact) mass is 345 g/mol. The number of anilines is 3. The summed E-state index contributed by atoms with van der Waals surface area (Å²) in [7, 11) is 1.60. The van der Waals surface area contributed by atoms with E-state index in [9.17, 15) is 4.79 Å². The number of carbonyl (C=O) groups is 1. The molecule has 0 spiro atoms. The number of ether oxygens (including phenoxy) is 1. The van der Waals surface area contributed by atoms with Crippen LogP contribution < -0.4 is 15.4 Å². The van der Waals surface area contributed by atoms with Gasteiger partial charge in [0.1, 0.15) is 17.3 Å². The molecular weight excluding hydrogens is 330 g/mol. The smallest absolute Gasteiger partial charge is 0.275 e. The molecule has 0 aliphatic heterocycles. The molecule has 26 heavy (non-hydrogen) atoms. The first-order valence-corrected chi connectivity index (χ1v) is 7.72. The number of hydrogen-bond acceptors (Lipinski definition) is 6. The highest BCUT2D eigenvalue weighted by atomic mass is 16.5. The SMILES string of the molecule is COc1cccc(Nc2cnc(C(=O)Nc3cccc(C#N)c3)cn2)c1. The normalized spacial score (nSPS) is 9.85. The molecule has 7 heteroatoms. The van der Waals surface area contributed by atoms with Crippen molar-refractivity contribution in [3.05, 3.63) is 72.2 Å². The first-order valence-electron chi connectivity index (χ1n) is 7.72. The maximum Gasteiger partial charge on any atom is 0.275 e. The van der Waals surface area contributed by atoms with E-state index < -0.39 is 5.91 Å². The molecule has 128 valence electrons. The number of methoxy groups -OCH3 is 1. The summed E-state index contributed by atoms with van der Waals surface area (Å²) in [6.45, 7) is 0. The lowest BCUT2D eigenvalue weighted by Crippen LogP contribution is -2.14. The Morgan fingerprint density at radius 3 is 2.62 bits per heavy atom. The Balaban J connectivity index is 1.68. The highest BCUT2D eigenvalue weighted by Gasteiger charge is 2.09. The Morgan fingerprint density at radius 1 is 1.08 bits per heavy atom. The molecule has 2 N–H and O–H groups in total. The van der Waals surface area contributed by atoms with Crippen LogP contribution in [0.25, 0.3) is 0 Å². The van der Waals surface area contributed by atoms with Crippen molar-refractivity contribution >= 4 is 23.1 Å². The van der Waals surface area contributed by atoms with Gasteiger partial charge in [-0.25, -0.2) is 9.97 Å². The fraction of sp³-hybridized carbons (Fsp3) is 0.0526. The van der Waals surface area contributed by atoms with Crippen LogP contribution in [-0.4, -0.2) is 23.0 Å². The van der Waals surface area contributed by atoms with Crippen LogP contribution in [0.2, 0.25) is 0 Å². The standard InChI is InChI=1S/C19H15N5O2/c1-26-16-7-3-6-15(9-16)23-18-12-21-17(11-22-18)19(25)24-14-5-2-4-13(8-14)10-20/h2-9,11-12H,1H3,(H,22,23)(H,24,25). The molecule has 2 aromatic carbocycles. The zero-order valence-corrected chi connectivity index (χ0v) is 13.9. The number of nitrogens with one attached hydrogen (secondary N) is 2. The summed E-state index contributed by atoms with van der Waals surface area (Å²) in [5, 5.41) is 14.7. The lowest BCUT2D eigenvalue weighted by atomic mass is 10.2. The number of benzene rings is 2. The Morgan fingerprint density at radius 2 is 1.88 bits per heavy atom. The van der Waals surface area contributed by atoms with Crippen molar-refractivity contribution in [2.75, 3.05) is 17.7 Å². The van der Waals surface area contributed by atoms with Gasteiger partial charge in [-0.15, -0.1) is 0 Å². The molecule has 3 aromatic rings. The van der Waals surface area contributed by atoms with Gasteiger partial charge in [0, 0.05) is 17.4 Å². The Hall–Kier alpha value is -3.92. The maximum atomic E-state index is 12.2. The molecule has 1 aromatic heterocycles. The van der Waals surface area contributed by atoms with Gasteiger partial charge in [0.2, 0.25) is 0 Å². The molecule has 0 aliphatic carbocycles. The van der Waals surface area contributed by atoms with Gasteiger partial charge in [0.25, 0.3) is 5.91 Å². The molecule has 0 radical (unpaired) electrons. The molecule has 1 amide bonds. The second kappa shape index (κ2) is 7.77. The van der Waals surface area contributed by atoms with Crippen LogP contribution in [0.5, 0.6) is 5.75 Å². The second-order valence-corrected chi connectivity index (χ2v) is 5.29. The molecule has 7 nitrogen and oxygen atoms in total. The number of nitriles is 1. The van der Waals surface area contributed by atoms with E-state index in [-0.39, 0.29) is 5.69 Å². The summed E-state index contributed by atoms with van der Waals surface area (Å²) >= 11 is 0. The number of hydrogen-bond donors (Lipinski definition) is 2. The van der Waals surface area contributed by atoms with E-state index in [0.29, 0.717) is 17.1 Å². The van der Waals surface area contributed by atoms with E-state index >= 15 is 0 Å².